The van der Waals surface area contributed by atoms with Crippen LogP contribution in [0.5, 0.6) is 0 Å². The molecule has 0 saturated carbocycles. The summed E-state index contributed by atoms with van der Waals surface area (Å²) in [6, 6.07) is 3.44. The number of aromatic nitrogens is 2. The van der Waals surface area contributed by atoms with Gasteiger partial charge in [0.05, 0.1) is 9.99 Å². The number of pyridine rings is 2. The Balaban J connectivity index is 1.75. The van der Waals surface area contributed by atoms with E-state index >= 15 is 0 Å². The van der Waals surface area contributed by atoms with Crippen LogP contribution in [0.3, 0.4) is 0 Å². The van der Waals surface area contributed by atoms with Gasteiger partial charge in [-0.3, -0.25) is 14.6 Å². The van der Waals surface area contributed by atoms with E-state index in [1.54, 1.807) is 29.4 Å². The number of carbonyl (C=O) groups is 2. The highest BCUT2D eigenvalue weighted by Gasteiger charge is 2.29. The lowest BCUT2D eigenvalue weighted by Crippen LogP contribution is -2.53. The van der Waals surface area contributed by atoms with Crippen molar-refractivity contribution >= 4 is 38.6 Å². The van der Waals surface area contributed by atoms with Crippen LogP contribution in [0.1, 0.15) is 37.7 Å². The molecule has 1 fully saturated rings. The fourth-order valence-electron chi connectivity index (χ4n) is 3.17. The number of allylic oxidation sites excluding steroid dienone is 1. The van der Waals surface area contributed by atoms with Crippen LogP contribution in [-0.4, -0.2) is 45.8 Å². The van der Waals surface area contributed by atoms with Gasteiger partial charge < -0.3 is 10.2 Å². The fourth-order valence-corrected chi connectivity index (χ4v) is 3.61. The minimum absolute atomic E-state index is 0.00131. The zero-order valence-corrected chi connectivity index (χ0v) is 17.3. The van der Waals surface area contributed by atoms with Gasteiger partial charge in [-0.05, 0) is 54.2 Å². The van der Waals surface area contributed by atoms with E-state index in [0.717, 1.165) is 21.9 Å². The number of carbonyl (C=O) groups excluding carboxylic acids is 2. The number of hydrogen-bond donors (Lipinski definition) is 1. The molecule has 0 spiro atoms. The predicted octanol–water partition coefficient (Wildman–Crippen LogP) is 3.33. The SMILES string of the molecule is CC(C)=CC(=O)N1CCC(C)C(NC(=O)c2ccc3cncc(Br)c3n2)C1. The third-order valence-electron chi connectivity index (χ3n) is 4.79. The lowest BCUT2D eigenvalue weighted by atomic mass is 9.93. The third-order valence-corrected chi connectivity index (χ3v) is 5.37. The molecule has 3 rings (SSSR count). The van der Waals surface area contributed by atoms with Gasteiger partial charge in [0, 0.05) is 43.0 Å². The summed E-state index contributed by atoms with van der Waals surface area (Å²) in [6.45, 7) is 7.14. The molecule has 3 heterocycles. The van der Waals surface area contributed by atoms with Gasteiger partial charge in [-0.1, -0.05) is 12.5 Å². The molecule has 1 saturated heterocycles. The van der Waals surface area contributed by atoms with Crippen molar-refractivity contribution in [3.05, 3.63) is 46.3 Å². The highest BCUT2D eigenvalue weighted by Crippen LogP contribution is 2.22. The Kier molecular flexibility index (Phi) is 5.89. The van der Waals surface area contributed by atoms with E-state index in [1.165, 1.54) is 0 Å². The van der Waals surface area contributed by atoms with Crippen LogP contribution in [-0.2, 0) is 4.79 Å². The summed E-state index contributed by atoms with van der Waals surface area (Å²) in [5.74, 6) is 0.0662. The van der Waals surface area contributed by atoms with Gasteiger partial charge in [0.15, 0.2) is 0 Å². The molecule has 7 heteroatoms. The number of amides is 2. The van der Waals surface area contributed by atoms with Crippen molar-refractivity contribution in [2.75, 3.05) is 13.1 Å². The van der Waals surface area contributed by atoms with Crippen molar-refractivity contribution in [1.29, 1.82) is 0 Å². The van der Waals surface area contributed by atoms with Crippen LogP contribution in [0.15, 0.2) is 40.6 Å². The topological polar surface area (TPSA) is 75.2 Å². The quantitative estimate of drug-likeness (QED) is 0.757. The molecule has 1 aliphatic heterocycles. The van der Waals surface area contributed by atoms with E-state index in [1.807, 2.05) is 19.9 Å². The maximum Gasteiger partial charge on any atom is 0.270 e. The number of fused-ring (bicyclic) bond motifs is 1. The molecule has 1 N–H and O–H groups in total. The summed E-state index contributed by atoms with van der Waals surface area (Å²) in [6.07, 6.45) is 5.87. The molecule has 2 aromatic rings. The summed E-state index contributed by atoms with van der Waals surface area (Å²) in [4.78, 5) is 35.4. The van der Waals surface area contributed by atoms with Gasteiger partial charge in [-0.25, -0.2) is 4.98 Å². The zero-order chi connectivity index (χ0) is 19.6. The lowest BCUT2D eigenvalue weighted by molar-refractivity contribution is -0.127. The number of hydrogen-bond acceptors (Lipinski definition) is 4. The van der Waals surface area contributed by atoms with Crippen molar-refractivity contribution < 1.29 is 9.59 Å². The molecule has 0 aliphatic carbocycles. The summed E-state index contributed by atoms with van der Waals surface area (Å²) in [5.41, 5.74) is 2.03. The molecule has 2 aromatic heterocycles. The van der Waals surface area contributed by atoms with Crippen molar-refractivity contribution in [2.24, 2.45) is 5.92 Å². The smallest absolute Gasteiger partial charge is 0.270 e. The fraction of sp³-hybridized carbons (Fsp3) is 0.400. The van der Waals surface area contributed by atoms with Gasteiger partial charge in [0.2, 0.25) is 5.91 Å². The first-order valence-corrected chi connectivity index (χ1v) is 9.79. The molecule has 2 amide bonds. The Morgan fingerprint density at radius 1 is 1.30 bits per heavy atom. The predicted molar refractivity (Wildman–Crippen MR) is 108 cm³/mol. The summed E-state index contributed by atoms with van der Waals surface area (Å²) in [7, 11) is 0. The third kappa shape index (κ3) is 4.53. The average molecular weight is 431 g/mol. The molecular weight excluding hydrogens is 408 g/mol. The van der Waals surface area contributed by atoms with Crippen LogP contribution < -0.4 is 5.32 Å². The van der Waals surface area contributed by atoms with Gasteiger partial charge in [0.1, 0.15) is 5.69 Å². The largest absolute Gasteiger partial charge is 0.346 e. The normalized spacial score (nSPS) is 19.6. The van der Waals surface area contributed by atoms with E-state index in [2.05, 4.69) is 38.1 Å². The van der Waals surface area contributed by atoms with E-state index in [-0.39, 0.29) is 17.9 Å². The first-order chi connectivity index (χ1) is 12.8. The number of likely N-dealkylation sites (tertiary alicyclic amines) is 1. The van der Waals surface area contributed by atoms with Crippen LogP contribution >= 0.6 is 15.9 Å². The molecule has 0 aromatic carbocycles. The van der Waals surface area contributed by atoms with Crippen LogP contribution in [0.2, 0.25) is 0 Å². The monoisotopic (exact) mass is 430 g/mol. The van der Waals surface area contributed by atoms with Gasteiger partial charge in [-0.2, -0.15) is 0 Å². The Bertz CT molecular complexity index is 908. The molecule has 2 atom stereocenters. The highest BCUT2D eigenvalue weighted by molar-refractivity contribution is 9.10. The van der Waals surface area contributed by atoms with E-state index < -0.39 is 0 Å². The van der Waals surface area contributed by atoms with Crippen LogP contribution in [0.4, 0.5) is 0 Å². The first kappa shape index (κ1) is 19.5. The maximum atomic E-state index is 12.7. The summed E-state index contributed by atoms with van der Waals surface area (Å²) in [5, 5.41) is 3.93. The molecule has 142 valence electrons. The second-order valence-corrected chi connectivity index (χ2v) is 8.10. The van der Waals surface area contributed by atoms with Crippen molar-refractivity contribution in [3.8, 4) is 0 Å². The Labute approximate surface area is 167 Å². The maximum absolute atomic E-state index is 12.7. The minimum Gasteiger partial charge on any atom is -0.346 e. The van der Waals surface area contributed by atoms with Gasteiger partial charge >= 0.3 is 0 Å². The second-order valence-electron chi connectivity index (χ2n) is 7.24. The zero-order valence-electron chi connectivity index (χ0n) is 15.7. The Morgan fingerprint density at radius 2 is 2.07 bits per heavy atom. The number of nitrogens with zero attached hydrogens (tertiary/aromatic N) is 3. The molecule has 0 radical (unpaired) electrons. The highest BCUT2D eigenvalue weighted by atomic mass is 79.9. The molecule has 6 nitrogen and oxygen atoms in total. The van der Waals surface area contributed by atoms with Crippen molar-refractivity contribution in [3.63, 3.8) is 0 Å². The van der Waals surface area contributed by atoms with E-state index in [0.29, 0.717) is 30.2 Å². The molecule has 1 aliphatic rings. The van der Waals surface area contributed by atoms with Gasteiger partial charge in [0.25, 0.3) is 5.91 Å². The van der Waals surface area contributed by atoms with Crippen LogP contribution in [0.25, 0.3) is 10.9 Å². The molecule has 0 bridgehead atoms. The first-order valence-electron chi connectivity index (χ1n) is 9.00. The Hall–Kier alpha value is -2.28. The van der Waals surface area contributed by atoms with Crippen molar-refractivity contribution in [1.82, 2.24) is 20.2 Å². The average Bonchev–Trinajstić information content (AvgIpc) is 2.63. The standard InChI is InChI=1S/C20H23BrN4O2/c1-12(2)8-18(26)25-7-6-13(3)17(11-25)24-20(27)16-5-4-14-9-22-10-15(21)19(14)23-16/h4-5,8-10,13,17H,6-7,11H2,1-3H3,(H,24,27). The number of piperidine rings is 1. The summed E-state index contributed by atoms with van der Waals surface area (Å²) >= 11 is 3.43. The molecular formula is C20H23BrN4O2. The number of halogens is 1. The van der Waals surface area contributed by atoms with E-state index in [4.69, 9.17) is 0 Å². The molecule has 2 unspecified atom stereocenters. The van der Waals surface area contributed by atoms with E-state index in [9.17, 15) is 9.59 Å². The summed E-state index contributed by atoms with van der Waals surface area (Å²) < 4.78 is 0.749. The Morgan fingerprint density at radius 3 is 2.81 bits per heavy atom. The molecule has 27 heavy (non-hydrogen) atoms. The van der Waals surface area contributed by atoms with Crippen molar-refractivity contribution in [2.45, 2.75) is 33.2 Å². The van der Waals surface area contributed by atoms with Gasteiger partial charge in [-0.15, -0.1) is 0 Å². The minimum atomic E-state index is -0.228. The second kappa shape index (κ2) is 8.17. The number of rotatable bonds is 3. The van der Waals surface area contributed by atoms with Crippen LogP contribution in [0, 0.1) is 5.92 Å². The number of nitrogens with one attached hydrogen (secondary N) is 1. The lowest BCUT2D eigenvalue weighted by Gasteiger charge is -2.37.